The zero-order valence-corrected chi connectivity index (χ0v) is 12.1. The lowest BCUT2D eigenvalue weighted by molar-refractivity contribution is -0.119. The van der Waals surface area contributed by atoms with Gasteiger partial charge in [-0.2, -0.15) is 0 Å². The van der Waals surface area contributed by atoms with E-state index < -0.39 is 12.0 Å². The topological polar surface area (TPSA) is 102 Å². The molecule has 0 saturated carbocycles. The molecule has 1 unspecified atom stereocenters. The lowest BCUT2D eigenvalue weighted by atomic mass is 10.2. The van der Waals surface area contributed by atoms with E-state index in [0.29, 0.717) is 11.3 Å². The molecule has 21 heavy (non-hydrogen) atoms. The van der Waals surface area contributed by atoms with Crippen LogP contribution in [0, 0.1) is 0 Å². The summed E-state index contributed by atoms with van der Waals surface area (Å²) in [7, 11) is 3.08. The second-order valence-corrected chi connectivity index (χ2v) is 4.57. The van der Waals surface area contributed by atoms with Crippen molar-refractivity contribution in [2.75, 3.05) is 33.9 Å². The maximum atomic E-state index is 12.1. The molecule has 1 aromatic rings. The van der Waals surface area contributed by atoms with Gasteiger partial charge in [0.1, 0.15) is 5.75 Å². The molecule has 0 fully saturated rings. The highest BCUT2D eigenvalue weighted by molar-refractivity contribution is 5.94. The van der Waals surface area contributed by atoms with Crippen LogP contribution in [0.5, 0.6) is 5.75 Å². The molecule has 3 N–H and O–H groups in total. The predicted octanol–water partition coefficient (Wildman–Crippen LogP) is -0.370. The largest absolute Gasteiger partial charge is 0.484 e. The summed E-state index contributed by atoms with van der Waals surface area (Å²) < 4.78 is 9.91. The Morgan fingerprint density at radius 3 is 2.48 bits per heavy atom. The fourth-order valence-corrected chi connectivity index (χ4v) is 1.71. The van der Waals surface area contributed by atoms with Crippen molar-refractivity contribution in [3.63, 3.8) is 0 Å². The van der Waals surface area contributed by atoms with Crippen molar-refractivity contribution in [1.82, 2.24) is 4.90 Å². The molecule has 116 valence electrons. The number of nitrogens with zero attached hydrogens (tertiary/aromatic N) is 1. The lowest BCUT2D eigenvalue weighted by Gasteiger charge is -2.20. The van der Waals surface area contributed by atoms with Crippen molar-refractivity contribution in [3.05, 3.63) is 29.8 Å². The number of rotatable bonds is 8. The minimum absolute atomic E-state index is 0.164. The molecule has 0 bridgehead atoms. The first-order valence-corrected chi connectivity index (χ1v) is 6.37. The molecule has 0 saturated heterocycles. The van der Waals surface area contributed by atoms with E-state index in [0.717, 1.165) is 0 Å². The third-order valence-electron chi connectivity index (χ3n) is 2.67. The summed E-state index contributed by atoms with van der Waals surface area (Å²) in [5, 5.41) is 9.60. The van der Waals surface area contributed by atoms with Gasteiger partial charge in [0.05, 0.1) is 12.7 Å². The highest BCUT2D eigenvalue weighted by Crippen LogP contribution is 2.13. The van der Waals surface area contributed by atoms with E-state index in [4.69, 9.17) is 15.2 Å². The molecular weight excluding hydrogens is 276 g/mol. The van der Waals surface area contributed by atoms with Crippen LogP contribution in [0.4, 0.5) is 0 Å². The van der Waals surface area contributed by atoms with Gasteiger partial charge in [0.2, 0.25) is 0 Å². The maximum Gasteiger partial charge on any atom is 0.255 e. The van der Waals surface area contributed by atoms with Gasteiger partial charge >= 0.3 is 0 Å². The molecule has 7 heteroatoms. The summed E-state index contributed by atoms with van der Waals surface area (Å²) in [6.45, 7) is 0.126. The fraction of sp³-hybridized carbons (Fsp3) is 0.429. The Morgan fingerprint density at radius 2 is 1.95 bits per heavy atom. The molecule has 7 nitrogen and oxygen atoms in total. The van der Waals surface area contributed by atoms with Crippen LogP contribution in [0.25, 0.3) is 0 Å². The normalized spacial score (nSPS) is 11.8. The van der Waals surface area contributed by atoms with E-state index in [2.05, 4.69) is 0 Å². The zero-order chi connectivity index (χ0) is 15.8. The summed E-state index contributed by atoms with van der Waals surface area (Å²) >= 11 is 0. The summed E-state index contributed by atoms with van der Waals surface area (Å²) in [5.74, 6) is -0.346. The van der Waals surface area contributed by atoms with Gasteiger partial charge in [-0.05, 0) is 24.3 Å². The van der Waals surface area contributed by atoms with Crippen LogP contribution in [0.2, 0.25) is 0 Å². The molecule has 2 amide bonds. The monoisotopic (exact) mass is 296 g/mol. The van der Waals surface area contributed by atoms with Gasteiger partial charge in [-0.15, -0.1) is 0 Å². The number of aliphatic hydroxyl groups is 1. The third-order valence-corrected chi connectivity index (χ3v) is 2.67. The Labute approximate surface area is 123 Å². The number of hydrogen-bond donors (Lipinski definition) is 2. The van der Waals surface area contributed by atoms with Crippen LogP contribution >= 0.6 is 0 Å². The molecule has 0 radical (unpaired) electrons. The van der Waals surface area contributed by atoms with Crippen LogP contribution in [-0.4, -0.2) is 61.8 Å². The van der Waals surface area contributed by atoms with Gasteiger partial charge in [0.15, 0.2) is 6.61 Å². The summed E-state index contributed by atoms with van der Waals surface area (Å²) in [6.07, 6.45) is -0.734. The number of carbonyl (C=O) groups excluding carboxylic acids is 2. The number of hydrogen-bond acceptors (Lipinski definition) is 5. The van der Waals surface area contributed by atoms with Crippen molar-refractivity contribution >= 4 is 11.8 Å². The standard InChI is InChI=1S/C14H20N2O5/c1-16(7-11(17)8-20-2)14(19)10-3-5-12(6-4-10)21-9-13(15)18/h3-6,11,17H,7-9H2,1-2H3,(H2,15,18). The number of aliphatic hydroxyl groups excluding tert-OH is 1. The highest BCUT2D eigenvalue weighted by atomic mass is 16.5. The summed E-state index contributed by atoms with van der Waals surface area (Å²) in [4.78, 5) is 24.1. The van der Waals surface area contributed by atoms with E-state index in [1.54, 1.807) is 31.3 Å². The Bertz CT molecular complexity index is 475. The second-order valence-electron chi connectivity index (χ2n) is 4.57. The van der Waals surface area contributed by atoms with Crippen LogP contribution in [0.15, 0.2) is 24.3 Å². The first kappa shape index (κ1) is 16.9. The number of methoxy groups -OCH3 is 1. The van der Waals surface area contributed by atoms with Gasteiger partial charge in [0.25, 0.3) is 11.8 Å². The fourth-order valence-electron chi connectivity index (χ4n) is 1.71. The van der Waals surface area contributed by atoms with E-state index in [1.165, 1.54) is 12.0 Å². The smallest absolute Gasteiger partial charge is 0.255 e. The maximum absolute atomic E-state index is 12.1. The molecule has 0 aliphatic heterocycles. The molecular formula is C14H20N2O5. The van der Waals surface area contributed by atoms with Gasteiger partial charge in [0, 0.05) is 26.3 Å². The summed E-state index contributed by atoms with van der Waals surface area (Å²) in [6, 6.07) is 6.32. The Hall–Kier alpha value is -2.12. The predicted molar refractivity (Wildman–Crippen MR) is 76.0 cm³/mol. The summed E-state index contributed by atoms with van der Waals surface area (Å²) in [5.41, 5.74) is 5.42. The van der Waals surface area contributed by atoms with Crippen molar-refractivity contribution in [1.29, 1.82) is 0 Å². The second kappa shape index (κ2) is 8.23. The SMILES string of the molecule is COCC(O)CN(C)C(=O)c1ccc(OCC(N)=O)cc1. The lowest BCUT2D eigenvalue weighted by Crippen LogP contribution is -2.36. The average Bonchev–Trinajstić information content (AvgIpc) is 2.45. The number of benzene rings is 1. The molecule has 0 heterocycles. The number of amides is 2. The van der Waals surface area contributed by atoms with Crippen LogP contribution in [0.1, 0.15) is 10.4 Å². The molecule has 0 aliphatic rings. The van der Waals surface area contributed by atoms with Crippen molar-refractivity contribution in [2.24, 2.45) is 5.73 Å². The first-order chi connectivity index (χ1) is 9.93. The van der Waals surface area contributed by atoms with E-state index >= 15 is 0 Å². The number of nitrogens with two attached hydrogens (primary N) is 1. The van der Waals surface area contributed by atoms with Crippen molar-refractivity contribution < 1.29 is 24.2 Å². The molecule has 0 aliphatic carbocycles. The Kier molecular flexibility index (Phi) is 6.64. The molecule has 1 aromatic carbocycles. The Balaban J connectivity index is 2.59. The minimum atomic E-state index is -0.734. The number of likely N-dealkylation sites (N-methyl/N-ethyl adjacent to an activating group) is 1. The number of carbonyl (C=O) groups is 2. The average molecular weight is 296 g/mol. The molecule has 0 aromatic heterocycles. The van der Waals surface area contributed by atoms with Crippen molar-refractivity contribution in [3.8, 4) is 5.75 Å². The molecule has 0 spiro atoms. The zero-order valence-electron chi connectivity index (χ0n) is 12.1. The first-order valence-electron chi connectivity index (χ1n) is 6.37. The third kappa shape index (κ3) is 5.80. The van der Waals surface area contributed by atoms with Crippen LogP contribution in [0.3, 0.4) is 0 Å². The molecule has 1 rings (SSSR count). The van der Waals surface area contributed by atoms with E-state index in [-0.39, 0.29) is 25.7 Å². The van der Waals surface area contributed by atoms with Gasteiger partial charge < -0.3 is 25.2 Å². The van der Waals surface area contributed by atoms with Crippen LogP contribution < -0.4 is 10.5 Å². The van der Waals surface area contributed by atoms with Crippen molar-refractivity contribution in [2.45, 2.75) is 6.10 Å². The van der Waals surface area contributed by atoms with E-state index in [9.17, 15) is 14.7 Å². The number of ether oxygens (including phenoxy) is 2. The quantitative estimate of drug-likeness (QED) is 0.681. The number of primary amides is 1. The minimum Gasteiger partial charge on any atom is -0.484 e. The van der Waals surface area contributed by atoms with Crippen LogP contribution in [-0.2, 0) is 9.53 Å². The van der Waals surface area contributed by atoms with Gasteiger partial charge in [-0.3, -0.25) is 9.59 Å². The highest BCUT2D eigenvalue weighted by Gasteiger charge is 2.15. The van der Waals surface area contributed by atoms with Gasteiger partial charge in [-0.25, -0.2) is 0 Å². The molecule has 1 atom stereocenters. The Morgan fingerprint density at radius 1 is 1.33 bits per heavy atom. The van der Waals surface area contributed by atoms with E-state index in [1.807, 2.05) is 0 Å². The van der Waals surface area contributed by atoms with Gasteiger partial charge in [-0.1, -0.05) is 0 Å².